The maximum absolute atomic E-state index is 12.2. The van der Waals surface area contributed by atoms with E-state index >= 15 is 0 Å². The molecular weight excluding hydrogens is 438 g/mol. The summed E-state index contributed by atoms with van der Waals surface area (Å²) in [5.41, 5.74) is 10.4. The third kappa shape index (κ3) is 8.30. The van der Waals surface area contributed by atoms with Crippen LogP contribution in [0.3, 0.4) is 0 Å². The zero-order chi connectivity index (χ0) is 25.2. The van der Waals surface area contributed by atoms with Crippen molar-refractivity contribution in [1.29, 1.82) is 0 Å². The van der Waals surface area contributed by atoms with Crippen LogP contribution in [0.4, 0.5) is 11.5 Å². The smallest absolute Gasteiger partial charge is 0.237 e. The summed E-state index contributed by atoms with van der Waals surface area (Å²) in [5, 5.41) is 6.22. The zero-order valence-electron chi connectivity index (χ0n) is 20.8. The molecule has 3 aromatic rings. The Balaban J connectivity index is 1.62. The van der Waals surface area contributed by atoms with Crippen LogP contribution in [-0.4, -0.2) is 27.7 Å². The Morgan fingerprint density at radius 3 is 2.54 bits per heavy atom. The molecule has 0 spiro atoms. The Hall–Kier alpha value is -3.58. The molecule has 0 aliphatic rings. The van der Waals surface area contributed by atoms with Gasteiger partial charge in [0.25, 0.3) is 0 Å². The average molecular weight is 474 g/mol. The summed E-state index contributed by atoms with van der Waals surface area (Å²) in [6.45, 7) is 6.51. The zero-order valence-corrected chi connectivity index (χ0v) is 20.8. The van der Waals surface area contributed by atoms with Crippen LogP contribution in [0.25, 0.3) is 0 Å². The highest BCUT2D eigenvalue weighted by Crippen LogP contribution is 2.18. The average Bonchev–Trinajstić information content (AvgIpc) is 2.83. The molecule has 0 fully saturated rings. The standard InChI is InChI=1S/C28H35N5O2/c1-4-7-26(34)22-10-5-8-20(13-22)14-24-16-27(32-18-31-24)33-23-11-6-9-21(15-23)17-30-28(35)25(29)12-19(2)3/h5-6,8-11,13,15-16,18-19,25H,4,7,12,14,17,29H2,1-3H3,(H,30,35)(H,31,32,33). The summed E-state index contributed by atoms with van der Waals surface area (Å²) in [7, 11) is 0. The first-order chi connectivity index (χ1) is 16.8. The number of nitrogens with zero attached hydrogens (tertiary/aromatic N) is 2. The molecule has 7 nitrogen and oxygen atoms in total. The minimum Gasteiger partial charge on any atom is -0.351 e. The fourth-order valence-electron chi connectivity index (χ4n) is 3.84. The van der Waals surface area contributed by atoms with Crippen LogP contribution in [0.15, 0.2) is 60.9 Å². The Bertz CT molecular complexity index is 1150. The van der Waals surface area contributed by atoms with E-state index < -0.39 is 6.04 Å². The van der Waals surface area contributed by atoms with Gasteiger partial charge in [-0.05, 0) is 48.1 Å². The van der Waals surface area contributed by atoms with E-state index in [0.717, 1.165) is 34.5 Å². The summed E-state index contributed by atoms with van der Waals surface area (Å²) in [6.07, 6.45) is 4.18. The number of nitrogens with one attached hydrogen (secondary N) is 2. The molecule has 3 rings (SSSR count). The molecule has 184 valence electrons. The van der Waals surface area contributed by atoms with Crippen molar-refractivity contribution in [3.63, 3.8) is 0 Å². The van der Waals surface area contributed by atoms with Crippen LogP contribution >= 0.6 is 0 Å². The van der Waals surface area contributed by atoms with E-state index in [2.05, 4.69) is 20.6 Å². The predicted molar refractivity (Wildman–Crippen MR) is 140 cm³/mol. The number of benzene rings is 2. The lowest BCUT2D eigenvalue weighted by molar-refractivity contribution is -0.122. The molecule has 1 amide bonds. The Morgan fingerprint density at radius 2 is 1.77 bits per heavy atom. The number of amides is 1. The molecule has 1 heterocycles. The SMILES string of the molecule is CCCC(=O)c1cccc(Cc2cc(Nc3cccc(CNC(=O)C(N)CC(C)C)c3)ncn2)c1. The second-order valence-corrected chi connectivity index (χ2v) is 9.22. The molecular formula is C28H35N5O2. The van der Waals surface area contributed by atoms with Crippen molar-refractivity contribution < 1.29 is 9.59 Å². The van der Waals surface area contributed by atoms with Gasteiger partial charge in [0.1, 0.15) is 12.1 Å². The molecule has 4 N–H and O–H groups in total. The molecule has 2 aromatic carbocycles. The fourth-order valence-corrected chi connectivity index (χ4v) is 3.84. The van der Waals surface area contributed by atoms with Crippen LogP contribution in [0.5, 0.6) is 0 Å². The lowest BCUT2D eigenvalue weighted by Gasteiger charge is -2.14. The monoisotopic (exact) mass is 473 g/mol. The van der Waals surface area contributed by atoms with Gasteiger partial charge in [0, 0.05) is 36.7 Å². The summed E-state index contributed by atoms with van der Waals surface area (Å²) < 4.78 is 0. The van der Waals surface area contributed by atoms with Crippen molar-refractivity contribution >= 4 is 23.2 Å². The molecule has 1 aromatic heterocycles. The minimum atomic E-state index is -0.499. The van der Waals surface area contributed by atoms with E-state index in [1.165, 1.54) is 6.33 Å². The molecule has 0 radical (unpaired) electrons. The van der Waals surface area contributed by atoms with E-state index in [-0.39, 0.29) is 11.7 Å². The third-order valence-corrected chi connectivity index (χ3v) is 5.56. The van der Waals surface area contributed by atoms with Crippen LogP contribution in [0.1, 0.15) is 67.2 Å². The van der Waals surface area contributed by atoms with Gasteiger partial charge in [-0.2, -0.15) is 0 Å². The number of hydrogen-bond acceptors (Lipinski definition) is 6. The second kappa shape index (κ2) is 12.8. The van der Waals surface area contributed by atoms with Crippen molar-refractivity contribution in [2.24, 2.45) is 11.7 Å². The van der Waals surface area contributed by atoms with Crippen LogP contribution in [-0.2, 0) is 17.8 Å². The summed E-state index contributed by atoms with van der Waals surface area (Å²) >= 11 is 0. The Labute approximate surface area is 207 Å². The molecule has 0 aliphatic heterocycles. The van der Waals surface area contributed by atoms with Gasteiger partial charge in [0.2, 0.25) is 5.91 Å². The molecule has 35 heavy (non-hydrogen) atoms. The van der Waals surface area contributed by atoms with Gasteiger partial charge >= 0.3 is 0 Å². The summed E-state index contributed by atoms with van der Waals surface area (Å²) in [5.74, 6) is 1.07. The Kier molecular flexibility index (Phi) is 9.49. The molecule has 0 saturated carbocycles. The molecule has 1 atom stereocenters. The van der Waals surface area contributed by atoms with Crippen molar-refractivity contribution in [2.75, 3.05) is 5.32 Å². The number of anilines is 2. The predicted octanol–water partition coefficient (Wildman–Crippen LogP) is 4.78. The largest absolute Gasteiger partial charge is 0.351 e. The first kappa shape index (κ1) is 26.0. The normalized spacial score (nSPS) is 11.8. The van der Waals surface area contributed by atoms with E-state index in [9.17, 15) is 9.59 Å². The first-order valence-electron chi connectivity index (χ1n) is 12.2. The third-order valence-electron chi connectivity index (χ3n) is 5.56. The molecule has 0 bridgehead atoms. The van der Waals surface area contributed by atoms with Gasteiger partial charge in [-0.25, -0.2) is 9.97 Å². The van der Waals surface area contributed by atoms with Gasteiger partial charge in [-0.3, -0.25) is 9.59 Å². The molecule has 7 heteroatoms. The van der Waals surface area contributed by atoms with Gasteiger partial charge < -0.3 is 16.4 Å². The minimum absolute atomic E-state index is 0.141. The van der Waals surface area contributed by atoms with Gasteiger partial charge in [-0.1, -0.05) is 51.1 Å². The van der Waals surface area contributed by atoms with Crippen molar-refractivity contribution in [1.82, 2.24) is 15.3 Å². The number of nitrogens with two attached hydrogens (primary N) is 1. The number of ketones is 1. The van der Waals surface area contributed by atoms with Gasteiger partial charge in [0.15, 0.2) is 5.78 Å². The van der Waals surface area contributed by atoms with E-state index in [1.54, 1.807) is 0 Å². The van der Waals surface area contributed by atoms with Gasteiger partial charge in [0.05, 0.1) is 11.7 Å². The van der Waals surface area contributed by atoms with E-state index in [0.29, 0.717) is 37.5 Å². The second-order valence-electron chi connectivity index (χ2n) is 9.22. The highest BCUT2D eigenvalue weighted by Gasteiger charge is 2.14. The quantitative estimate of drug-likeness (QED) is 0.327. The fraction of sp³-hybridized carbons (Fsp3) is 0.357. The van der Waals surface area contributed by atoms with Gasteiger partial charge in [-0.15, -0.1) is 0 Å². The maximum Gasteiger partial charge on any atom is 0.237 e. The number of carbonyl (C=O) groups excluding carboxylic acids is 2. The molecule has 0 saturated heterocycles. The number of Topliss-reactive ketones (excluding diaryl/α,β-unsaturated/α-hetero) is 1. The van der Waals surface area contributed by atoms with Crippen LogP contribution in [0.2, 0.25) is 0 Å². The van der Waals surface area contributed by atoms with Crippen LogP contribution < -0.4 is 16.4 Å². The number of aromatic nitrogens is 2. The summed E-state index contributed by atoms with van der Waals surface area (Å²) in [4.78, 5) is 33.2. The van der Waals surface area contributed by atoms with Crippen molar-refractivity contribution in [3.8, 4) is 0 Å². The van der Waals surface area contributed by atoms with Crippen molar-refractivity contribution in [3.05, 3.63) is 83.3 Å². The lowest BCUT2D eigenvalue weighted by Crippen LogP contribution is -2.41. The highest BCUT2D eigenvalue weighted by atomic mass is 16.2. The topological polar surface area (TPSA) is 110 Å². The molecule has 1 unspecified atom stereocenters. The lowest BCUT2D eigenvalue weighted by atomic mass is 10.0. The first-order valence-corrected chi connectivity index (χ1v) is 12.2. The Morgan fingerprint density at radius 1 is 1.00 bits per heavy atom. The van der Waals surface area contributed by atoms with E-state index in [1.807, 2.05) is 75.4 Å². The summed E-state index contributed by atoms with van der Waals surface area (Å²) in [6, 6.07) is 16.9. The number of carbonyl (C=O) groups is 2. The number of hydrogen-bond donors (Lipinski definition) is 3. The maximum atomic E-state index is 12.2. The molecule has 0 aliphatic carbocycles. The van der Waals surface area contributed by atoms with Crippen molar-refractivity contribution in [2.45, 2.75) is 59.0 Å². The highest BCUT2D eigenvalue weighted by molar-refractivity contribution is 5.96. The van der Waals surface area contributed by atoms with E-state index in [4.69, 9.17) is 5.73 Å². The number of rotatable bonds is 12. The van der Waals surface area contributed by atoms with Crippen LogP contribution in [0, 0.1) is 5.92 Å².